The number of halogens is 3. The number of hydrogen-bond acceptors (Lipinski definition) is 5. The lowest BCUT2D eigenvalue weighted by molar-refractivity contribution is -0.146. The van der Waals surface area contributed by atoms with Crippen molar-refractivity contribution in [1.29, 1.82) is 0 Å². The molecule has 1 saturated heterocycles. The van der Waals surface area contributed by atoms with Crippen molar-refractivity contribution in [3.63, 3.8) is 0 Å². The molecule has 0 saturated carbocycles. The lowest BCUT2D eigenvalue weighted by Gasteiger charge is -2.27. The summed E-state index contributed by atoms with van der Waals surface area (Å²) < 4.78 is 44.8. The summed E-state index contributed by atoms with van der Waals surface area (Å²) >= 11 is 3.11. The van der Waals surface area contributed by atoms with Crippen molar-refractivity contribution in [3.8, 4) is 0 Å². The number of carbonyl (C=O) groups is 1. The van der Waals surface area contributed by atoms with E-state index >= 15 is 0 Å². The molecule has 1 aliphatic heterocycles. The number of carbonyl (C=O) groups excluding carboxylic acids is 1. The predicted molar refractivity (Wildman–Crippen MR) is 101 cm³/mol. The highest BCUT2D eigenvalue weighted by Crippen LogP contribution is 2.41. The Morgan fingerprint density at radius 1 is 1.33 bits per heavy atom. The maximum Gasteiger partial charge on any atom is 0.401 e. The van der Waals surface area contributed by atoms with E-state index in [-0.39, 0.29) is 12.3 Å². The quantitative estimate of drug-likeness (QED) is 0.606. The van der Waals surface area contributed by atoms with Crippen LogP contribution in [0, 0.1) is 0 Å². The van der Waals surface area contributed by atoms with Crippen LogP contribution < -0.4 is 0 Å². The summed E-state index contributed by atoms with van der Waals surface area (Å²) in [6.07, 6.45) is -3.67. The number of nitrogens with zero attached hydrogens (tertiary/aromatic N) is 1. The second kappa shape index (κ2) is 7.95. The van der Waals surface area contributed by atoms with Crippen LogP contribution in [0.5, 0.6) is 0 Å². The summed E-state index contributed by atoms with van der Waals surface area (Å²) in [4.78, 5) is 13.8. The fourth-order valence-electron chi connectivity index (χ4n) is 3.25. The average molecular weight is 416 g/mol. The number of ether oxygens (including phenoxy) is 1. The van der Waals surface area contributed by atoms with Crippen LogP contribution >= 0.6 is 23.1 Å². The monoisotopic (exact) mass is 415 g/mol. The van der Waals surface area contributed by atoms with Gasteiger partial charge in [0, 0.05) is 30.7 Å². The molecule has 0 aliphatic carbocycles. The standard InChI is InChI=1S/C19H20F3NO2S2/c1-13(24)14-3-5-16(6-4-14)27-17-9-15(10-26-17)18(25-2)7-8-23(11-18)12-19(20,21)22/h3-6,9-10H,7-8,11-12H2,1-2H3. The summed E-state index contributed by atoms with van der Waals surface area (Å²) in [6.45, 7) is 1.21. The summed E-state index contributed by atoms with van der Waals surface area (Å²) in [5.41, 5.74) is 0.891. The van der Waals surface area contributed by atoms with Gasteiger partial charge in [0.2, 0.25) is 0 Å². The van der Waals surface area contributed by atoms with E-state index < -0.39 is 18.3 Å². The summed E-state index contributed by atoms with van der Waals surface area (Å²) in [7, 11) is 1.56. The predicted octanol–water partition coefficient (Wildman–Crippen LogP) is 5.21. The third kappa shape index (κ3) is 4.93. The topological polar surface area (TPSA) is 29.5 Å². The fraction of sp³-hybridized carbons (Fsp3) is 0.421. The number of ketones is 1. The molecule has 146 valence electrons. The number of rotatable bonds is 6. The molecular weight excluding hydrogens is 395 g/mol. The SMILES string of the molecule is COC1(c2csc(Sc3ccc(C(C)=O)cc3)c2)CCN(CC(F)(F)F)C1. The summed E-state index contributed by atoms with van der Waals surface area (Å²) in [6, 6.07) is 9.37. The maximum atomic E-state index is 12.7. The number of Topliss-reactive ketones (excluding diaryl/α,β-unsaturated/α-hetero) is 1. The Morgan fingerprint density at radius 3 is 2.63 bits per heavy atom. The van der Waals surface area contributed by atoms with Crippen molar-refractivity contribution in [2.24, 2.45) is 0 Å². The minimum Gasteiger partial charge on any atom is -0.372 e. The molecule has 1 unspecified atom stereocenters. The van der Waals surface area contributed by atoms with Crippen LogP contribution in [-0.4, -0.2) is 43.6 Å². The van der Waals surface area contributed by atoms with Crippen LogP contribution in [0.3, 0.4) is 0 Å². The Kier molecular flexibility index (Phi) is 6.00. The van der Waals surface area contributed by atoms with Gasteiger partial charge in [0.05, 0.1) is 10.8 Å². The zero-order chi connectivity index (χ0) is 19.7. The zero-order valence-corrected chi connectivity index (χ0v) is 16.6. The first kappa shape index (κ1) is 20.4. The van der Waals surface area contributed by atoms with Crippen LogP contribution in [0.4, 0.5) is 13.2 Å². The van der Waals surface area contributed by atoms with Crippen molar-refractivity contribution in [1.82, 2.24) is 4.90 Å². The Balaban J connectivity index is 1.71. The minimum absolute atomic E-state index is 0.0247. The van der Waals surface area contributed by atoms with Gasteiger partial charge in [-0.15, -0.1) is 11.3 Å². The van der Waals surface area contributed by atoms with Gasteiger partial charge in [-0.1, -0.05) is 23.9 Å². The van der Waals surface area contributed by atoms with Gasteiger partial charge >= 0.3 is 6.18 Å². The first-order chi connectivity index (χ1) is 12.7. The van der Waals surface area contributed by atoms with E-state index in [9.17, 15) is 18.0 Å². The number of hydrogen-bond donors (Lipinski definition) is 0. The number of methoxy groups -OCH3 is 1. The van der Waals surface area contributed by atoms with Gasteiger partial charge in [-0.05, 0) is 42.5 Å². The molecule has 0 amide bonds. The van der Waals surface area contributed by atoms with E-state index in [1.807, 2.05) is 23.6 Å². The lowest BCUT2D eigenvalue weighted by Crippen LogP contribution is -2.37. The second-order valence-electron chi connectivity index (χ2n) is 6.61. The smallest absolute Gasteiger partial charge is 0.372 e. The molecule has 2 aromatic rings. The minimum atomic E-state index is -4.20. The Hall–Kier alpha value is -1.35. The third-order valence-corrected chi connectivity index (χ3v) is 6.77. The molecular formula is C19H20F3NO2S2. The molecule has 1 aromatic carbocycles. The number of likely N-dealkylation sites (tertiary alicyclic amines) is 1. The molecule has 3 nitrogen and oxygen atoms in total. The molecule has 27 heavy (non-hydrogen) atoms. The summed E-state index contributed by atoms with van der Waals surface area (Å²) in [5.74, 6) is 0.0247. The van der Waals surface area contributed by atoms with Crippen LogP contribution in [0.1, 0.15) is 29.3 Å². The van der Waals surface area contributed by atoms with Crippen molar-refractivity contribution < 1.29 is 22.7 Å². The van der Waals surface area contributed by atoms with E-state index in [1.54, 1.807) is 42.3 Å². The Bertz CT molecular complexity index is 804. The van der Waals surface area contributed by atoms with Gasteiger partial charge < -0.3 is 4.74 Å². The van der Waals surface area contributed by atoms with Gasteiger partial charge in [-0.2, -0.15) is 13.2 Å². The molecule has 0 radical (unpaired) electrons. The third-order valence-electron chi connectivity index (χ3n) is 4.69. The van der Waals surface area contributed by atoms with Gasteiger partial charge in [0.15, 0.2) is 5.78 Å². The Morgan fingerprint density at radius 2 is 2.04 bits per heavy atom. The maximum absolute atomic E-state index is 12.7. The Labute approximate surface area is 164 Å². The van der Waals surface area contributed by atoms with E-state index in [0.717, 1.165) is 14.7 Å². The lowest BCUT2D eigenvalue weighted by atomic mass is 9.95. The largest absolute Gasteiger partial charge is 0.401 e. The normalized spacial score (nSPS) is 20.9. The van der Waals surface area contributed by atoms with E-state index in [0.29, 0.717) is 18.5 Å². The fourth-order valence-corrected chi connectivity index (χ4v) is 5.29. The van der Waals surface area contributed by atoms with Crippen molar-refractivity contribution in [3.05, 3.63) is 46.8 Å². The molecule has 1 fully saturated rings. The van der Waals surface area contributed by atoms with E-state index in [1.165, 1.54) is 11.8 Å². The number of thiophene rings is 1. The molecule has 2 heterocycles. The van der Waals surface area contributed by atoms with Crippen LogP contribution in [0.25, 0.3) is 0 Å². The molecule has 1 aromatic heterocycles. The second-order valence-corrected chi connectivity index (χ2v) is 8.90. The van der Waals surface area contributed by atoms with Gasteiger partial charge in [0.1, 0.15) is 5.60 Å². The van der Waals surface area contributed by atoms with Crippen molar-refractivity contribution in [2.45, 2.75) is 34.2 Å². The van der Waals surface area contributed by atoms with Crippen molar-refractivity contribution in [2.75, 3.05) is 26.7 Å². The molecule has 0 spiro atoms. The number of benzene rings is 1. The molecule has 0 bridgehead atoms. The highest BCUT2D eigenvalue weighted by atomic mass is 32.2. The highest BCUT2D eigenvalue weighted by Gasteiger charge is 2.43. The average Bonchev–Trinajstić information content (AvgIpc) is 3.22. The molecule has 1 atom stereocenters. The first-order valence-electron chi connectivity index (χ1n) is 8.43. The van der Waals surface area contributed by atoms with E-state index in [2.05, 4.69) is 0 Å². The van der Waals surface area contributed by atoms with Crippen molar-refractivity contribution >= 4 is 28.9 Å². The van der Waals surface area contributed by atoms with Gasteiger partial charge in [0.25, 0.3) is 0 Å². The summed E-state index contributed by atoms with van der Waals surface area (Å²) in [5, 5.41) is 1.97. The molecule has 0 N–H and O–H groups in total. The zero-order valence-electron chi connectivity index (χ0n) is 15.0. The van der Waals surface area contributed by atoms with Crippen LogP contribution in [-0.2, 0) is 10.3 Å². The van der Waals surface area contributed by atoms with Gasteiger partial charge in [-0.25, -0.2) is 0 Å². The number of alkyl halides is 3. The van der Waals surface area contributed by atoms with Crippen LogP contribution in [0.15, 0.2) is 44.8 Å². The highest BCUT2D eigenvalue weighted by molar-refractivity contribution is 8.01. The van der Waals surface area contributed by atoms with E-state index in [4.69, 9.17) is 4.74 Å². The van der Waals surface area contributed by atoms with Crippen LogP contribution in [0.2, 0.25) is 0 Å². The molecule has 1 aliphatic rings. The first-order valence-corrected chi connectivity index (χ1v) is 10.1. The molecule has 8 heteroatoms. The molecule has 3 rings (SSSR count). The van der Waals surface area contributed by atoms with Gasteiger partial charge in [-0.3, -0.25) is 9.69 Å².